The fourth-order valence-corrected chi connectivity index (χ4v) is 2.30. The number of benzene rings is 1. The second kappa shape index (κ2) is 6.74. The van der Waals surface area contributed by atoms with Gasteiger partial charge in [0.1, 0.15) is 5.82 Å². The second-order valence-corrected chi connectivity index (χ2v) is 4.71. The van der Waals surface area contributed by atoms with Gasteiger partial charge in [0, 0.05) is 24.8 Å². The number of hydrogen-bond donors (Lipinski definition) is 1. The van der Waals surface area contributed by atoms with Crippen molar-refractivity contribution >= 4 is 12.4 Å². The van der Waals surface area contributed by atoms with Crippen molar-refractivity contribution in [3.63, 3.8) is 0 Å². The summed E-state index contributed by atoms with van der Waals surface area (Å²) < 4.78 is 56.3. The molecule has 2 rings (SSSR count). The van der Waals surface area contributed by atoms with Crippen LogP contribution in [0.4, 0.5) is 17.6 Å². The predicted molar refractivity (Wildman–Crippen MR) is 69.1 cm³/mol. The van der Waals surface area contributed by atoms with Gasteiger partial charge in [0.05, 0.1) is 5.56 Å². The molecule has 1 aromatic carbocycles. The van der Waals surface area contributed by atoms with E-state index in [1.807, 2.05) is 0 Å². The Labute approximate surface area is 120 Å². The van der Waals surface area contributed by atoms with Gasteiger partial charge in [-0.3, -0.25) is 0 Å². The first-order valence-corrected chi connectivity index (χ1v) is 6.09. The van der Waals surface area contributed by atoms with Crippen molar-refractivity contribution in [1.29, 1.82) is 0 Å². The van der Waals surface area contributed by atoms with E-state index >= 15 is 0 Å². The lowest BCUT2D eigenvalue weighted by molar-refractivity contribution is -0.137. The Bertz CT molecular complexity index is 446. The van der Waals surface area contributed by atoms with Gasteiger partial charge in [-0.1, -0.05) is 6.07 Å². The molecule has 1 aliphatic rings. The van der Waals surface area contributed by atoms with E-state index < -0.39 is 23.6 Å². The van der Waals surface area contributed by atoms with Crippen LogP contribution in [-0.4, -0.2) is 13.2 Å². The molecule has 7 heteroatoms. The molecule has 1 aromatic rings. The molecule has 0 saturated carbocycles. The molecule has 2 N–H and O–H groups in total. The lowest BCUT2D eigenvalue weighted by atomic mass is 9.87. The number of rotatable bonds is 2. The fourth-order valence-electron chi connectivity index (χ4n) is 2.30. The standard InChI is InChI=1S/C13H15F4NO.ClH/c14-11-7-9(13(15,16)17)1-2-10(11)12(18)8-3-5-19-6-4-8;/h1-2,7-8,12H,3-6,18H2;1H/t12-;/m1./s1. The van der Waals surface area contributed by atoms with Gasteiger partial charge in [0.25, 0.3) is 0 Å². The SMILES string of the molecule is Cl.N[C@@H](c1ccc(C(F)(F)F)cc1F)C1CCOCC1. The molecule has 0 radical (unpaired) electrons. The van der Waals surface area contributed by atoms with Gasteiger partial charge in [0.15, 0.2) is 0 Å². The van der Waals surface area contributed by atoms with Gasteiger partial charge >= 0.3 is 6.18 Å². The molecule has 114 valence electrons. The van der Waals surface area contributed by atoms with E-state index in [0.717, 1.165) is 12.1 Å². The topological polar surface area (TPSA) is 35.2 Å². The van der Waals surface area contributed by atoms with E-state index in [2.05, 4.69) is 0 Å². The van der Waals surface area contributed by atoms with Crippen LogP contribution in [0.25, 0.3) is 0 Å². The molecule has 0 aromatic heterocycles. The second-order valence-electron chi connectivity index (χ2n) is 4.71. The summed E-state index contributed by atoms with van der Waals surface area (Å²) >= 11 is 0. The van der Waals surface area contributed by atoms with Crippen LogP contribution in [-0.2, 0) is 10.9 Å². The molecule has 20 heavy (non-hydrogen) atoms. The number of ether oxygens (including phenoxy) is 1. The molecule has 0 unspecified atom stereocenters. The van der Waals surface area contributed by atoms with Gasteiger partial charge in [-0.05, 0) is 30.9 Å². The van der Waals surface area contributed by atoms with Gasteiger partial charge in [-0.2, -0.15) is 13.2 Å². The van der Waals surface area contributed by atoms with Crippen molar-refractivity contribution < 1.29 is 22.3 Å². The maximum atomic E-state index is 13.8. The molecule has 0 aliphatic carbocycles. The molecule has 1 heterocycles. The zero-order chi connectivity index (χ0) is 14.0. The van der Waals surface area contributed by atoms with Crippen molar-refractivity contribution in [2.45, 2.75) is 25.1 Å². The van der Waals surface area contributed by atoms with E-state index in [1.165, 1.54) is 0 Å². The maximum absolute atomic E-state index is 13.8. The molecule has 1 aliphatic heterocycles. The molecule has 1 atom stereocenters. The Hall–Kier alpha value is -0.850. The molecule has 0 bridgehead atoms. The van der Waals surface area contributed by atoms with Crippen LogP contribution >= 0.6 is 12.4 Å². The largest absolute Gasteiger partial charge is 0.416 e. The summed E-state index contributed by atoms with van der Waals surface area (Å²) in [5.74, 6) is -0.853. The van der Waals surface area contributed by atoms with Crippen molar-refractivity contribution in [2.24, 2.45) is 11.7 Å². The summed E-state index contributed by atoms with van der Waals surface area (Å²) in [6.07, 6.45) is -3.15. The van der Waals surface area contributed by atoms with Gasteiger partial charge in [-0.15, -0.1) is 12.4 Å². The van der Waals surface area contributed by atoms with Crippen LogP contribution in [0.3, 0.4) is 0 Å². The van der Waals surface area contributed by atoms with Crippen LogP contribution in [0.5, 0.6) is 0 Å². The van der Waals surface area contributed by atoms with Gasteiger partial charge < -0.3 is 10.5 Å². The zero-order valence-corrected chi connectivity index (χ0v) is 11.4. The Morgan fingerprint density at radius 3 is 2.30 bits per heavy atom. The molecule has 1 saturated heterocycles. The summed E-state index contributed by atoms with van der Waals surface area (Å²) in [5, 5.41) is 0. The summed E-state index contributed by atoms with van der Waals surface area (Å²) in [6.45, 7) is 1.11. The quantitative estimate of drug-likeness (QED) is 0.845. The minimum absolute atomic E-state index is 0. The van der Waals surface area contributed by atoms with E-state index in [4.69, 9.17) is 10.5 Å². The smallest absolute Gasteiger partial charge is 0.381 e. The normalized spacial score (nSPS) is 18.4. The summed E-state index contributed by atoms with van der Waals surface area (Å²) in [7, 11) is 0. The highest BCUT2D eigenvalue weighted by atomic mass is 35.5. The lowest BCUT2D eigenvalue weighted by Gasteiger charge is -2.28. The summed E-state index contributed by atoms with van der Waals surface area (Å²) in [5.41, 5.74) is 5.10. The van der Waals surface area contributed by atoms with Crippen LogP contribution in [0.1, 0.15) is 30.0 Å². The van der Waals surface area contributed by atoms with E-state index in [-0.39, 0.29) is 23.9 Å². The number of halogens is 5. The Morgan fingerprint density at radius 1 is 1.20 bits per heavy atom. The average Bonchev–Trinajstić information content (AvgIpc) is 2.38. The monoisotopic (exact) mass is 313 g/mol. The van der Waals surface area contributed by atoms with Crippen molar-refractivity contribution in [1.82, 2.24) is 0 Å². The molecule has 2 nitrogen and oxygen atoms in total. The van der Waals surface area contributed by atoms with Crippen LogP contribution in [0, 0.1) is 11.7 Å². The number of nitrogens with two attached hydrogens (primary N) is 1. The molecule has 1 fully saturated rings. The molecule has 0 spiro atoms. The highest BCUT2D eigenvalue weighted by Crippen LogP contribution is 2.34. The lowest BCUT2D eigenvalue weighted by Crippen LogP contribution is -2.28. The van der Waals surface area contributed by atoms with Crippen LogP contribution in [0.2, 0.25) is 0 Å². The third-order valence-corrected chi connectivity index (χ3v) is 3.46. The van der Waals surface area contributed by atoms with Gasteiger partial charge in [-0.25, -0.2) is 4.39 Å². The van der Waals surface area contributed by atoms with Crippen molar-refractivity contribution in [3.8, 4) is 0 Å². The Morgan fingerprint density at radius 2 is 1.80 bits per heavy atom. The fraction of sp³-hybridized carbons (Fsp3) is 0.538. The third kappa shape index (κ3) is 3.84. The van der Waals surface area contributed by atoms with Crippen LogP contribution in [0.15, 0.2) is 18.2 Å². The summed E-state index contributed by atoms with van der Waals surface area (Å²) in [4.78, 5) is 0. The zero-order valence-electron chi connectivity index (χ0n) is 10.6. The first-order chi connectivity index (χ1) is 8.89. The Kier molecular flexibility index (Phi) is 5.79. The third-order valence-electron chi connectivity index (χ3n) is 3.46. The van der Waals surface area contributed by atoms with Crippen molar-refractivity contribution in [2.75, 3.05) is 13.2 Å². The minimum Gasteiger partial charge on any atom is -0.381 e. The average molecular weight is 314 g/mol. The maximum Gasteiger partial charge on any atom is 0.416 e. The number of alkyl halides is 3. The van der Waals surface area contributed by atoms with E-state index in [1.54, 1.807) is 0 Å². The highest BCUT2D eigenvalue weighted by Gasteiger charge is 2.32. The highest BCUT2D eigenvalue weighted by molar-refractivity contribution is 5.85. The minimum atomic E-state index is -4.54. The predicted octanol–water partition coefficient (Wildman–Crippen LogP) is 3.69. The Balaban J connectivity index is 0.00000200. The van der Waals surface area contributed by atoms with E-state index in [9.17, 15) is 17.6 Å². The molecular weight excluding hydrogens is 298 g/mol. The first kappa shape index (κ1) is 17.2. The molecule has 0 amide bonds. The number of hydrogen-bond acceptors (Lipinski definition) is 2. The summed E-state index contributed by atoms with van der Waals surface area (Å²) in [6, 6.07) is 1.93. The van der Waals surface area contributed by atoms with Crippen molar-refractivity contribution in [3.05, 3.63) is 35.1 Å². The first-order valence-electron chi connectivity index (χ1n) is 6.09. The van der Waals surface area contributed by atoms with Crippen LogP contribution < -0.4 is 5.73 Å². The van der Waals surface area contributed by atoms with E-state index in [0.29, 0.717) is 32.1 Å². The molecular formula is C13H16ClF4NO. The van der Waals surface area contributed by atoms with Gasteiger partial charge in [0.2, 0.25) is 0 Å².